The van der Waals surface area contributed by atoms with E-state index in [4.69, 9.17) is 23.2 Å². The Morgan fingerprint density at radius 2 is 1.04 bits per heavy atom. The number of aromatic amines is 1. The third-order valence-electron chi connectivity index (χ3n) is 8.46. The van der Waals surface area contributed by atoms with Gasteiger partial charge in [0, 0.05) is 82.0 Å². The lowest BCUT2D eigenvalue weighted by molar-refractivity contribution is -0.387. The standard InChI is InChI=1S/C12H8FN3O.C11H8FN3O2.C11H10FN3.C6H3F2NO2.C5H6N2.C2H3N.CH3I.CH4O/c13-8-1-2-11-10(7-8)15-12(17)16(11)9-3-5-14-6-4-9;12-8-1-2-10(11(7-8)15(16)17)14-9-3-5-13-6-4-9;12-8-1-2-11(10(13)7-8)15-9-3-5-14-6-4-9;7-4-1-2-5(8)6(3-4)9(10)11;6-5-1-3-7-4-2-5;1-2-3;2*1-2/h1-7H,(H,15,17);1-7H,(H,13,14);1-7H,13H2,(H,14,15);1-3H;1-4H,(H2,6,7);1H3;1H3;2H,1H3/i;;;;;;1D;. The number of nitrogens with one attached hydrogen (secondary N) is 3. The Bertz CT molecular complexity index is 3240. The fourth-order valence-electron chi connectivity index (χ4n) is 5.41. The van der Waals surface area contributed by atoms with Crippen molar-refractivity contribution in [3.05, 3.63) is 231 Å². The molecule has 384 valence electrons. The number of hydrogen-bond donors (Lipinski definition) is 6. The van der Waals surface area contributed by atoms with Gasteiger partial charge in [-0.3, -0.25) is 44.7 Å². The van der Waals surface area contributed by atoms with Gasteiger partial charge in [-0.15, -0.1) is 0 Å². The summed E-state index contributed by atoms with van der Waals surface area (Å²) in [5, 5.41) is 40.9. The highest BCUT2D eigenvalue weighted by Gasteiger charge is 2.15. The lowest BCUT2D eigenvalue weighted by Gasteiger charge is -2.08. The molecule has 0 fully saturated rings. The van der Waals surface area contributed by atoms with Gasteiger partial charge in [-0.05, 0) is 114 Å². The second kappa shape index (κ2) is 33.2. The maximum atomic E-state index is 13.0. The van der Waals surface area contributed by atoms with E-state index >= 15 is 0 Å². The van der Waals surface area contributed by atoms with E-state index in [1.165, 1.54) is 41.8 Å². The van der Waals surface area contributed by atoms with Crippen LogP contribution in [0.4, 0.5) is 67.5 Å². The largest absolute Gasteiger partial charge is 0.400 e. The summed E-state index contributed by atoms with van der Waals surface area (Å²) in [4.78, 5) is 49.4. The zero-order chi connectivity index (χ0) is 55.7. The number of H-pyrrole nitrogens is 1. The molecule has 0 amide bonds. The number of hydrogen-bond acceptors (Lipinski definition) is 15. The van der Waals surface area contributed by atoms with Gasteiger partial charge in [0.2, 0.25) is 5.82 Å². The topological polar surface area (TPSA) is 296 Å². The van der Waals surface area contributed by atoms with Crippen molar-refractivity contribution in [3.8, 4) is 11.8 Å². The summed E-state index contributed by atoms with van der Waals surface area (Å²) in [6, 6.07) is 29.5. The highest BCUT2D eigenvalue weighted by atomic mass is 127. The van der Waals surface area contributed by atoms with Crippen LogP contribution in [0.3, 0.4) is 0 Å². The van der Waals surface area contributed by atoms with Gasteiger partial charge < -0.3 is 32.2 Å². The average Bonchev–Trinajstić information content (AvgIpc) is 3.73. The number of fused-ring (bicyclic) bond motifs is 1. The highest BCUT2D eigenvalue weighted by molar-refractivity contribution is 14.1. The summed E-state index contributed by atoms with van der Waals surface area (Å²) in [5.41, 5.74) is 14.9. The molecule has 0 radical (unpaired) electrons. The van der Waals surface area contributed by atoms with E-state index in [9.17, 15) is 47.0 Å². The molecule has 25 heteroatoms. The molecule has 0 spiro atoms. The fourth-order valence-corrected chi connectivity index (χ4v) is 5.41. The van der Waals surface area contributed by atoms with E-state index in [0.29, 0.717) is 50.8 Å². The molecule has 0 saturated carbocycles. The van der Waals surface area contributed by atoms with E-state index < -0.39 is 33.0 Å². The molecule has 0 aliphatic heterocycles. The van der Waals surface area contributed by atoms with Crippen LogP contribution in [0, 0.1) is 60.6 Å². The number of aromatic nitrogens is 6. The Labute approximate surface area is 433 Å². The molecule has 0 bridgehead atoms. The maximum absolute atomic E-state index is 13.0. The van der Waals surface area contributed by atoms with Gasteiger partial charge in [0.15, 0.2) is 0 Å². The summed E-state index contributed by atoms with van der Waals surface area (Å²) >= 11 is 1.96. The Kier molecular flexibility index (Phi) is 26.4. The van der Waals surface area contributed by atoms with Crippen LogP contribution in [-0.2, 0) is 0 Å². The normalized spacial score (nSPS) is 9.49. The monoisotopic (exact) mass is 1130 g/mol. The van der Waals surface area contributed by atoms with Gasteiger partial charge in [-0.25, -0.2) is 22.4 Å². The molecule has 19 nitrogen and oxygen atoms in total. The van der Waals surface area contributed by atoms with E-state index in [2.05, 4.69) is 35.6 Å². The number of imidazole rings is 1. The first-order valence-corrected chi connectivity index (χ1v) is 22.0. The number of aliphatic hydroxyl groups is 1. The first kappa shape index (κ1) is 58.9. The first-order chi connectivity index (χ1) is 36.0. The summed E-state index contributed by atoms with van der Waals surface area (Å²) in [5.74, 6) is -3.21. The lowest BCUT2D eigenvalue weighted by atomic mass is 10.2. The molecule has 0 unspecified atom stereocenters. The van der Waals surface area contributed by atoms with Crippen LogP contribution in [0.2, 0.25) is 0 Å². The van der Waals surface area contributed by atoms with Crippen molar-refractivity contribution in [2.24, 2.45) is 0 Å². The van der Waals surface area contributed by atoms with Crippen molar-refractivity contribution in [3.63, 3.8) is 0 Å². The molecule has 9 aromatic rings. The molecule has 74 heavy (non-hydrogen) atoms. The molecular weight excluding hydrogens is 1090 g/mol. The molecule has 0 atom stereocenters. The number of halogens is 6. The maximum Gasteiger partial charge on any atom is 0.331 e. The zero-order valence-corrected chi connectivity index (χ0v) is 41.0. The number of pyridine rings is 4. The van der Waals surface area contributed by atoms with Gasteiger partial charge in [-0.2, -0.15) is 9.65 Å². The Morgan fingerprint density at radius 1 is 0.649 bits per heavy atom. The third kappa shape index (κ3) is 20.9. The molecule has 4 aromatic carbocycles. The van der Waals surface area contributed by atoms with Crippen LogP contribution in [0.15, 0.2) is 176 Å². The average molecular weight is 1130 g/mol. The second-order valence-corrected chi connectivity index (χ2v) is 13.4. The minimum atomic E-state index is -1.03. The van der Waals surface area contributed by atoms with Gasteiger partial charge in [0.25, 0.3) is 5.69 Å². The van der Waals surface area contributed by atoms with E-state index in [1.54, 1.807) is 104 Å². The number of nitro groups is 2. The predicted molar refractivity (Wildman–Crippen MR) is 282 cm³/mol. The van der Waals surface area contributed by atoms with Crippen LogP contribution < -0.4 is 27.8 Å². The number of nitriles is 1. The van der Waals surface area contributed by atoms with Gasteiger partial charge in [0.05, 0.1) is 56.1 Å². The van der Waals surface area contributed by atoms with Crippen LogP contribution in [0.5, 0.6) is 0 Å². The van der Waals surface area contributed by atoms with Crippen molar-refractivity contribution in [2.75, 3.05) is 34.1 Å². The Hall–Kier alpha value is -9.42. The molecule has 0 aliphatic carbocycles. The number of rotatable bonds is 7. The van der Waals surface area contributed by atoms with E-state index in [1.807, 2.05) is 34.7 Å². The summed E-state index contributed by atoms with van der Waals surface area (Å²) in [7, 11) is 1.00. The van der Waals surface area contributed by atoms with Crippen LogP contribution in [0.1, 0.15) is 8.29 Å². The van der Waals surface area contributed by atoms with Crippen molar-refractivity contribution in [2.45, 2.75) is 6.92 Å². The number of nitrogens with zero attached hydrogens (tertiary/aromatic N) is 8. The molecule has 5 aromatic heterocycles. The van der Waals surface area contributed by atoms with Gasteiger partial charge in [-0.1, -0.05) is 22.6 Å². The molecule has 0 aliphatic rings. The van der Waals surface area contributed by atoms with Crippen molar-refractivity contribution < 1.29 is 38.3 Å². The van der Waals surface area contributed by atoms with Crippen molar-refractivity contribution >= 4 is 79.1 Å². The quantitative estimate of drug-likeness (QED) is 0.0216. The highest BCUT2D eigenvalue weighted by Crippen LogP contribution is 2.28. The van der Waals surface area contributed by atoms with E-state index in [-0.39, 0.29) is 28.7 Å². The zero-order valence-electron chi connectivity index (χ0n) is 39.9. The lowest BCUT2D eigenvalue weighted by Crippen LogP contribution is -2.14. The summed E-state index contributed by atoms with van der Waals surface area (Å²) < 4.78 is 71.0. The number of nitro benzene ring substituents is 2. The summed E-state index contributed by atoms with van der Waals surface area (Å²) in [6.07, 6.45) is 13.0. The first-order valence-electron chi connectivity index (χ1n) is 21.2. The Morgan fingerprint density at radius 3 is 1.49 bits per heavy atom. The predicted octanol–water partition coefficient (Wildman–Crippen LogP) is 11.0. The van der Waals surface area contributed by atoms with E-state index in [0.717, 1.165) is 36.7 Å². The number of aliphatic hydroxyl groups excluding tert-OH is 1. The van der Waals surface area contributed by atoms with Crippen molar-refractivity contribution in [1.82, 2.24) is 29.5 Å². The summed E-state index contributed by atoms with van der Waals surface area (Å²) in [6.45, 7) is 1.43. The number of benzene rings is 4. The van der Waals surface area contributed by atoms with Crippen LogP contribution in [0.25, 0.3) is 16.7 Å². The SMILES string of the molecule is CC#N.CO.Nc1cc(F)ccc1Nc1ccncc1.Nc1ccncc1.O=[N+]([O-])c1cc(F)ccc1F.O=[N+]([O-])c1cc(F)ccc1Nc1ccncc1.O=c1[nH]c2cc(F)ccc2n1-c1ccncc1.[2H]CI. The minimum Gasteiger partial charge on any atom is -0.400 e. The van der Waals surface area contributed by atoms with Crippen LogP contribution in [-0.4, -0.2) is 56.5 Å². The fraction of sp³-hybridized carbons (Fsp3) is 0.0612. The minimum absolute atomic E-state index is 0.239. The van der Waals surface area contributed by atoms with Crippen LogP contribution >= 0.6 is 22.6 Å². The number of anilines is 6. The van der Waals surface area contributed by atoms with Gasteiger partial charge in [0.1, 0.15) is 29.0 Å². The van der Waals surface area contributed by atoms with Crippen molar-refractivity contribution in [1.29, 1.82) is 5.26 Å². The molecule has 8 N–H and O–H groups in total. The number of nitrogens with two attached hydrogens (primary N) is 2. The molecule has 9 rings (SSSR count). The molecule has 0 saturated heterocycles. The second-order valence-electron chi connectivity index (χ2n) is 13.4. The molecular formula is C49H45F5IN13O6. The number of nitrogen functional groups attached to an aromatic ring is 2. The molecule has 5 heterocycles. The number of alkyl halides is 1. The smallest absolute Gasteiger partial charge is 0.331 e. The van der Waals surface area contributed by atoms with Gasteiger partial charge >= 0.3 is 11.4 Å². The third-order valence-corrected chi connectivity index (χ3v) is 8.46. The Balaban J connectivity index is 0.000000316.